The van der Waals surface area contributed by atoms with Crippen LogP contribution in [-0.4, -0.2) is 17.9 Å². The highest BCUT2D eigenvalue weighted by atomic mass is 35.5. The molecule has 1 aromatic rings. The lowest BCUT2D eigenvalue weighted by molar-refractivity contribution is 0.0954. The quantitative estimate of drug-likeness (QED) is 0.772. The molecule has 0 aromatic heterocycles. The largest absolute Gasteiger partial charge is 0.494 e. The first-order valence-corrected chi connectivity index (χ1v) is 5.76. The van der Waals surface area contributed by atoms with Crippen LogP contribution in [0.2, 0.25) is 0 Å². The van der Waals surface area contributed by atoms with Crippen molar-refractivity contribution in [3.05, 3.63) is 29.8 Å². The van der Waals surface area contributed by atoms with Crippen LogP contribution in [0, 0.1) is 12.8 Å². The van der Waals surface area contributed by atoms with E-state index in [1.165, 1.54) is 5.56 Å². The summed E-state index contributed by atoms with van der Waals surface area (Å²) in [6.07, 6.45) is 0.906. The Morgan fingerprint density at radius 2 is 1.88 bits per heavy atom. The number of hydrogen-bond acceptors (Lipinski definition) is 3. The number of aliphatic hydroxyl groups is 1. The summed E-state index contributed by atoms with van der Waals surface area (Å²) < 4.78 is 5.58. The molecule has 4 heteroatoms. The van der Waals surface area contributed by atoms with Crippen molar-refractivity contribution in [1.29, 1.82) is 0 Å². The van der Waals surface area contributed by atoms with Crippen molar-refractivity contribution in [3.63, 3.8) is 0 Å². The van der Waals surface area contributed by atoms with E-state index in [0.717, 1.165) is 18.6 Å². The van der Waals surface area contributed by atoms with Gasteiger partial charge in [-0.25, -0.2) is 0 Å². The average Bonchev–Trinajstić information content (AvgIpc) is 2.26. The topological polar surface area (TPSA) is 55.5 Å². The zero-order valence-corrected chi connectivity index (χ0v) is 11.2. The predicted octanol–water partition coefficient (Wildman–Crippen LogP) is 2.49. The molecule has 0 heterocycles. The average molecular weight is 260 g/mol. The maximum Gasteiger partial charge on any atom is 0.119 e. The van der Waals surface area contributed by atoms with E-state index in [9.17, 15) is 5.11 Å². The van der Waals surface area contributed by atoms with Gasteiger partial charge in [-0.2, -0.15) is 0 Å². The fourth-order valence-electron chi connectivity index (χ4n) is 1.58. The molecule has 0 amide bonds. The normalized spacial score (nSPS) is 13.6. The molecule has 0 radical (unpaired) electrons. The smallest absolute Gasteiger partial charge is 0.119 e. The first-order valence-electron chi connectivity index (χ1n) is 5.76. The maximum absolute atomic E-state index is 9.27. The summed E-state index contributed by atoms with van der Waals surface area (Å²) in [7, 11) is 0. The van der Waals surface area contributed by atoms with Gasteiger partial charge in [0.1, 0.15) is 12.0 Å². The Morgan fingerprint density at radius 3 is 2.35 bits per heavy atom. The van der Waals surface area contributed by atoms with Crippen LogP contribution in [0.5, 0.6) is 5.75 Å². The molecule has 1 rings (SSSR count). The second-order valence-corrected chi connectivity index (χ2v) is 4.11. The summed E-state index contributed by atoms with van der Waals surface area (Å²) in [4.78, 5) is 0. The summed E-state index contributed by atoms with van der Waals surface area (Å²) in [6, 6.07) is 7.94. The molecular weight excluding hydrogens is 238 g/mol. The van der Waals surface area contributed by atoms with Gasteiger partial charge in [-0.15, -0.1) is 12.4 Å². The summed E-state index contributed by atoms with van der Waals surface area (Å²) >= 11 is 0. The van der Waals surface area contributed by atoms with Crippen LogP contribution in [0.4, 0.5) is 0 Å². The Hall–Kier alpha value is -0.770. The first kappa shape index (κ1) is 16.2. The van der Waals surface area contributed by atoms with E-state index in [2.05, 4.69) is 0 Å². The van der Waals surface area contributed by atoms with Crippen molar-refractivity contribution in [3.8, 4) is 5.75 Å². The maximum atomic E-state index is 9.27. The van der Waals surface area contributed by atoms with E-state index < -0.39 is 6.23 Å². The van der Waals surface area contributed by atoms with Gasteiger partial charge in [0.15, 0.2) is 0 Å². The van der Waals surface area contributed by atoms with E-state index in [-0.39, 0.29) is 18.3 Å². The monoisotopic (exact) mass is 259 g/mol. The molecule has 0 bridgehead atoms. The van der Waals surface area contributed by atoms with Crippen molar-refractivity contribution in [2.75, 3.05) is 6.61 Å². The Bertz CT molecular complexity index is 301. The lowest BCUT2D eigenvalue weighted by atomic mass is 10.0. The number of ether oxygens (including phenoxy) is 1. The molecule has 0 saturated heterocycles. The third-order valence-corrected chi connectivity index (χ3v) is 2.79. The number of benzene rings is 1. The zero-order chi connectivity index (χ0) is 12.0. The Balaban J connectivity index is 0.00000256. The molecule has 1 unspecified atom stereocenters. The number of nitrogens with two attached hydrogens (primary N) is 1. The van der Waals surface area contributed by atoms with Crippen molar-refractivity contribution in [2.24, 2.45) is 11.7 Å². The molecule has 2 atom stereocenters. The van der Waals surface area contributed by atoms with Gasteiger partial charge in [0, 0.05) is 5.92 Å². The summed E-state index contributed by atoms with van der Waals surface area (Å²) in [5.41, 5.74) is 6.67. The Morgan fingerprint density at radius 1 is 1.29 bits per heavy atom. The van der Waals surface area contributed by atoms with E-state index in [1.54, 1.807) is 0 Å². The van der Waals surface area contributed by atoms with Crippen molar-refractivity contribution in [2.45, 2.75) is 32.9 Å². The van der Waals surface area contributed by atoms with Crippen LogP contribution in [0.3, 0.4) is 0 Å². The lowest BCUT2D eigenvalue weighted by Gasteiger charge is -2.17. The number of aryl methyl sites for hydroxylation is 1. The van der Waals surface area contributed by atoms with Gasteiger partial charge in [0.25, 0.3) is 0 Å². The van der Waals surface area contributed by atoms with Crippen LogP contribution in [0.1, 0.15) is 25.3 Å². The SMILES string of the molecule is CCC(CCOc1ccc(C)cc1)[C@H](N)O.Cl. The van der Waals surface area contributed by atoms with E-state index in [4.69, 9.17) is 10.5 Å². The molecular formula is C13H22ClNO2. The minimum atomic E-state index is -0.744. The number of aliphatic hydroxyl groups excluding tert-OH is 1. The molecule has 0 fully saturated rings. The fourth-order valence-corrected chi connectivity index (χ4v) is 1.58. The number of hydrogen-bond donors (Lipinski definition) is 2. The second-order valence-electron chi connectivity index (χ2n) is 4.11. The molecule has 98 valence electrons. The van der Waals surface area contributed by atoms with Crippen LogP contribution in [-0.2, 0) is 0 Å². The van der Waals surface area contributed by atoms with Gasteiger partial charge in [0.05, 0.1) is 6.61 Å². The lowest BCUT2D eigenvalue weighted by Crippen LogP contribution is -2.30. The van der Waals surface area contributed by atoms with E-state index in [1.807, 2.05) is 38.1 Å². The molecule has 0 aliphatic rings. The molecule has 3 N–H and O–H groups in total. The van der Waals surface area contributed by atoms with E-state index >= 15 is 0 Å². The van der Waals surface area contributed by atoms with Crippen molar-refractivity contribution >= 4 is 12.4 Å². The van der Waals surface area contributed by atoms with Crippen LogP contribution >= 0.6 is 12.4 Å². The van der Waals surface area contributed by atoms with Crippen LogP contribution < -0.4 is 10.5 Å². The molecule has 0 spiro atoms. The Kier molecular flexibility index (Phi) is 7.96. The van der Waals surface area contributed by atoms with Crippen LogP contribution in [0.15, 0.2) is 24.3 Å². The first-order chi connectivity index (χ1) is 7.63. The van der Waals surface area contributed by atoms with Gasteiger partial charge in [-0.05, 0) is 31.9 Å². The highest BCUT2D eigenvalue weighted by Gasteiger charge is 2.12. The minimum absolute atomic E-state index is 0. The predicted molar refractivity (Wildman–Crippen MR) is 72.5 cm³/mol. The highest BCUT2D eigenvalue weighted by molar-refractivity contribution is 5.85. The van der Waals surface area contributed by atoms with Gasteiger partial charge in [-0.3, -0.25) is 0 Å². The van der Waals surface area contributed by atoms with Gasteiger partial charge in [-0.1, -0.05) is 24.6 Å². The third kappa shape index (κ3) is 5.91. The summed E-state index contributed by atoms with van der Waals surface area (Å²) in [5.74, 6) is 0.984. The molecule has 3 nitrogen and oxygen atoms in total. The molecule has 0 aliphatic heterocycles. The molecule has 1 aromatic carbocycles. The third-order valence-electron chi connectivity index (χ3n) is 2.79. The van der Waals surface area contributed by atoms with Crippen molar-refractivity contribution in [1.82, 2.24) is 0 Å². The molecule has 0 aliphatic carbocycles. The minimum Gasteiger partial charge on any atom is -0.494 e. The standard InChI is InChI=1S/C13H21NO2.ClH/c1-3-11(13(14)15)8-9-16-12-6-4-10(2)5-7-12;/h4-7,11,13,15H,3,8-9,14H2,1-2H3;1H/t11?,13-;/m1./s1. The van der Waals surface area contributed by atoms with Gasteiger partial charge >= 0.3 is 0 Å². The molecule has 0 saturated carbocycles. The zero-order valence-electron chi connectivity index (χ0n) is 10.4. The highest BCUT2D eigenvalue weighted by Crippen LogP contribution is 2.14. The molecule has 17 heavy (non-hydrogen) atoms. The van der Waals surface area contributed by atoms with Crippen LogP contribution in [0.25, 0.3) is 0 Å². The number of halogens is 1. The summed E-state index contributed by atoms with van der Waals surface area (Å²) in [6.45, 7) is 4.66. The number of rotatable bonds is 6. The second kappa shape index (κ2) is 8.34. The van der Waals surface area contributed by atoms with Gasteiger partial charge < -0.3 is 15.6 Å². The van der Waals surface area contributed by atoms with Crippen molar-refractivity contribution < 1.29 is 9.84 Å². The van der Waals surface area contributed by atoms with E-state index in [0.29, 0.717) is 6.61 Å². The van der Waals surface area contributed by atoms with Gasteiger partial charge in [0.2, 0.25) is 0 Å². The summed E-state index contributed by atoms with van der Waals surface area (Å²) in [5, 5.41) is 9.27. The Labute approximate surface area is 109 Å². The fraction of sp³-hybridized carbons (Fsp3) is 0.538.